The van der Waals surface area contributed by atoms with E-state index in [0.717, 1.165) is 60.3 Å². The second-order valence-corrected chi connectivity index (χ2v) is 9.55. The molecule has 2 atom stereocenters. The second-order valence-electron chi connectivity index (χ2n) is 9.55. The van der Waals surface area contributed by atoms with Crippen LogP contribution >= 0.6 is 0 Å². The fourth-order valence-corrected chi connectivity index (χ4v) is 5.24. The molecule has 0 spiro atoms. The Kier molecular flexibility index (Phi) is 7.64. The monoisotopic (exact) mass is 503 g/mol. The van der Waals surface area contributed by atoms with Crippen molar-refractivity contribution in [3.05, 3.63) is 69.8 Å². The van der Waals surface area contributed by atoms with Crippen molar-refractivity contribution < 1.29 is 32.2 Å². The summed E-state index contributed by atoms with van der Waals surface area (Å²) in [5.41, 5.74) is 4.53. The largest absolute Gasteiger partial charge is 0.497 e. The Morgan fingerprint density at radius 1 is 1.08 bits per heavy atom. The summed E-state index contributed by atoms with van der Waals surface area (Å²) in [6, 6.07) is 9.37. The van der Waals surface area contributed by atoms with Crippen LogP contribution in [0.5, 0.6) is 5.75 Å². The Bertz CT molecular complexity index is 1160. The minimum Gasteiger partial charge on any atom is -0.497 e. The first-order chi connectivity index (χ1) is 17.1. The van der Waals surface area contributed by atoms with Gasteiger partial charge in [0.2, 0.25) is 0 Å². The molecule has 0 saturated carbocycles. The number of hydrogen-bond acceptors (Lipinski definition) is 4. The third kappa shape index (κ3) is 5.38. The molecular formula is C28H32F3NO4. The second kappa shape index (κ2) is 10.5. The van der Waals surface area contributed by atoms with Crippen LogP contribution in [-0.4, -0.2) is 37.8 Å². The summed E-state index contributed by atoms with van der Waals surface area (Å²) in [5, 5.41) is 0. The number of methoxy groups -OCH3 is 2. The number of ether oxygens (including phenoxy) is 3. The Morgan fingerprint density at radius 3 is 2.53 bits per heavy atom. The van der Waals surface area contributed by atoms with Crippen LogP contribution in [0.25, 0.3) is 5.57 Å². The number of hydrogen-bond donors (Lipinski definition) is 0. The molecule has 0 aromatic heterocycles. The first-order valence-electron chi connectivity index (χ1n) is 12.2. The van der Waals surface area contributed by atoms with Gasteiger partial charge in [-0.15, -0.1) is 0 Å². The number of allylic oxidation sites excluding steroid dienone is 1. The number of alkyl halides is 3. The first-order valence-corrected chi connectivity index (χ1v) is 12.2. The zero-order valence-electron chi connectivity index (χ0n) is 21.1. The average Bonchev–Trinajstić information content (AvgIpc) is 3.12. The van der Waals surface area contributed by atoms with Gasteiger partial charge < -0.3 is 14.2 Å². The molecule has 0 N–H and O–H groups in total. The van der Waals surface area contributed by atoms with Gasteiger partial charge in [-0.25, -0.2) is 4.79 Å². The SMILES string of the molecule is COCc1cc(OC)ccc1C1=C(CN2C(=O)O[C@H](c3cc(C)cc(C(F)(F)F)c3)[C@@H]2C)CCCC1. The van der Waals surface area contributed by atoms with Crippen LogP contribution in [0.15, 0.2) is 42.0 Å². The van der Waals surface area contributed by atoms with E-state index in [1.807, 2.05) is 25.1 Å². The molecule has 36 heavy (non-hydrogen) atoms. The van der Waals surface area contributed by atoms with Gasteiger partial charge in [0.1, 0.15) is 11.9 Å². The molecule has 1 saturated heterocycles. The quantitative estimate of drug-likeness (QED) is 0.405. The maximum Gasteiger partial charge on any atom is 0.416 e. The molecular weight excluding hydrogens is 471 g/mol. The van der Waals surface area contributed by atoms with Gasteiger partial charge in [-0.2, -0.15) is 13.2 Å². The van der Waals surface area contributed by atoms with E-state index in [-0.39, 0.29) is 0 Å². The predicted octanol–water partition coefficient (Wildman–Crippen LogP) is 7.08. The highest BCUT2D eigenvalue weighted by atomic mass is 19.4. The molecule has 0 radical (unpaired) electrons. The van der Waals surface area contributed by atoms with E-state index in [4.69, 9.17) is 14.2 Å². The van der Waals surface area contributed by atoms with Crippen molar-refractivity contribution in [2.45, 2.75) is 64.5 Å². The average molecular weight is 504 g/mol. The van der Waals surface area contributed by atoms with Crippen molar-refractivity contribution in [3.63, 3.8) is 0 Å². The third-order valence-corrected chi connectivity index (χ3v) is 7.03. The maximum atomic E-state index is 13.4. The summed E-state index contributed by atoms with van der Waals surface area (Å²) >= 11 is 0. The van der Waals surface area contributed by atoms with E-state index >= 15 is 0 Å². The molecule has 2 aliphatic rings. The van der Waals surface area contributed by atoms with Gasteiger partial charge >= 0.3 is 12.3 Å². The molecule has 5 nitrogen and oxygen atoms in total. The third-order valence-electron chi connectivity index (χ3n) is 7.03. The molecule has 1 aliphatic heterocycles. The van der Waals surface area contributed by atoms with Crippen molar-refractivity contribution in [1.29, 1.82) is 0 Å². The van der Waals surface area contributed by atoms with Crippen LogP contribution in [0.4, 0.5) is 18.0 Å². The number of cyclic esters (lactones) is 1. The summed E-state index contributed by atoms with van der Waals surface area (Å²) < 4.78 is 56.6. The number of rotatable bonds is 7. The zero-order chi connectivity index (χ0) is 26.0. The molecule has 194 valence electrons. The van der Waals surface area contributed by atoms with Gasteiger partial charge in [-0.05, 0) is 91.6 Å². The lowest BCUT2D eigenvalue weighted by molar-refractivity contribution is -0.137. The van der Waals surface area contributed by atoms with Crippen LogP contribution in [0, 0.1) is 6.92 Å². The van der Waals surface area contributed by atoms with Crippen molar-refractivity contribution in [2.24, 2.45) is 0 Å². The highest BCUT2D eigenvalue weighted by Gasteiger charge is 2.41. The van der Waals surface area contributed by atoms with E-state index in [1.165, 1.54) is 5.57 Å². The van der Waals surface area contributed by atoms with Crippen molar-refractivity contribution in [2.75, 3.05) is 20.8 Å². The summed E-state index contributed by atoms with van der Waals surface area (Å²) in [6.45, 7) is 4.26. The van der Waals surface area contributed by atoms with Crippen LogP contribution in [0.2, 0.25) is 0 Å². The van der Waals surface area contributed by atoms with Crippen LogP contribution < -0.4 is 4.74 Å². The van der Waals surface area contributed by atoms with E-state index in [0.29, 0.717) is 24.3 Å². The summed E-state index contributed by atoms with van der Waals surface area (Å²) in [4.78, 5) is 14.6. The Hall–Kier alpha value is -3.00. The van der Waals surface area contributed by atoms with E-state index < -0.39 is 30.0 Å². The summed E-state index contributed by atoms with van der Waals surface area (Å²) in [7, 11) is 3.27. The van der Waals surface area contributed by atoms with Gasteiger partial charge in [-0.1, -0.05) is 17.7 Å². The lowest BCUT2D eigenvalue weighted by Crippen LogP contribution is -2.34. The highest BCUT2D eigenvalue weighted by Crippen LogP contribution is 2.40. The predicted molar refractivity (Wildman–Crippen MR) is 131 cm³/mol. The van der Waals surface area contributed by atoms with E-state index in [1.54, 1.807) is 32.1 Å². The molecule has 1 amide bonds. The van der Waals surface area contributed by atoms with Gasteiger partial charge in [0.05, 0.1) is 25.3 Å². The van der Waals surface area contributed by atoms with Crippen molar-refractivity contribution in [1.82, 2.24) is 4.90 Å². The topological polar surface area (TPSA) is 48.0 Å². The minimum absolute atomic E-state index is 0.362. The number of carbonyl (C=O) groups is 1. The minimum atomic E-state index is -4.47. The molecule has 1 aliphatic carbocycles. The number of nitrogens with zero attached hydrogens (tertiary/aromatic N) is 1. The van der Waals surface area contributed by atoms with Crippen LogP contribution in [-0.2, 0) is 22.3 Å². The number of amides is 1. The van der Waals surface area contributed by atoms with E-state index in [9.17, 15) is 18.0 Å². The fourth-order valence-electron chi connectivity index (χ4n) is 5.24. The fraction of sp³-hybridized carbons (Fsp3) is 0.464. The molecule has 0 bridgehead atoms. The molecule has 1 fully saturated rings. The first kappa shape index (κ1) is 26.1. The van der Waals surface area contributed by atoms with Gasteiger partial charge in [0.15, 0.2) is 0 Å². The standard InChI is InChI=1S/C28H32F3NO4/c1-17-11-20(13-22(12-17)28(29,30)31)26-18(2)32(27(33)36-26)15-19-7-5-6-8-24(19)25-10-9-23(35-4)14-21(25)16-34-3/h9-14,18,26H,5-8,15-16H2,1-4H3/t18-,26-/m0/s1. The number of carbonyl (C=O) groups excluding carboxylic acids is 1. The Balaban J connectivity index is 1.65. The van der Waals surface area contributed by atoms with Gasteiger partial charge in [0, 0.05) is 13.7 Å². The van der Waals surface area contributed by atoms with Crippen molar-refractivity contribution in [3.8, 4) is 5.75 Å². The molecule has 2 aromatic carbocycles. The van der Waals surface area contributed by atoms with Gasteiger partial charge in [-0.3, -0.25) is 4.90 Å². The van der Waals surface area contributed by atoms with Crippen molar-refractivity contribution >= 4 is 11.7 Å². The normalized spacial score (nSPS) is 20.6. The Morgan fingerprint density at radius 2 is 1.83 bits per heavy atom. The molecule has 4 rings (SSSR count). The molecule has 8 heteroatoms. The number of aryl methyl sites for hydroxylation is 1. The molecule has 0 unspecified atom stereocenters. The Labute approximate surface area is 209 Å². The highest BCUT2D eigenvalue weighted by molar-refractivity contribution is 5.75. The van der Waals surface area contributed by atoms with Crippen LogP contribution in [0.3, 0.4) is 0 Å². The lowest BCUT2D eigenvalue weighted by Gasteiger charge is -2.28. The maximum absolute atomic E-state index is 13.4. The molecule has 1 heterocycles. The van der Waals surface area contributed by atoms with Crippen LogP contribution in [0.1, 0.15) is 66.5 Å². The molecule has 2 aromatic rings. The number of benzene rings is 2. The number of halogens is 3. The summed E-state index contributed by atoms with van der Waals surface area (Å²) in [5.74, 6) is 0.750. The van der Waals surface area contributed by atoms with Gasteiger partial charge in [0.25, 0.3) is 0 Å². The lowest BCUT2D eigenvalue weighted by atomic mass is 9.85. The smallest absolute Gasteiger partial charge is 0.416 e. The zero-order valence-corrected chi connectivity index (χ0v) is 21.1. The van der Waals surface area contributed by atoms with E-state index in [2.05, 4.69) is 0 Å². The summed E-state index contributed by atoms with van der Waals surface area (Å²) in [6.07, 6.45) is -1.95.